The third-order valence-corrected chi connectivity index (χ3v) is 6.16. The zero-order valence-electron chi connectivity index (χ0n) is 18.1. The first-order chi connectivity index (χ1) is 14.7. The van der Waals surface area contributed by atoms with Crippen LogP contribution in [0.1, 0.15) is 37.5 Å². The number of hydrogen-bond acceptors (Lipinski definition) is 7. The van der Waals surface area contributed by atoms with Crippen molar-refractivity contribution in [1.29, 1.82) is 0 Å². The summed E-state index contributed by atoms with van der Waals surface area (Å²) in [6, 6.07) is 8.88. The molecule has 166 valence electrons. The van der Waals surface area contributed by atoms with E-state index in [9.17, 15) is 13.2 Å². The van der Waals surface area contributed by atoms with E-state index < -0.39 is 22.0 Å². The Bertz CT molecular complexity index is 1160. The second-order valence-electron chi connectivity index (χ2n) is 7.71. The van der Waals surface area contributed by atoms with Crippen LogP contribution < -0.4 is 4.72 Å². The second-order valence-corrected chi connectivity index (χ2v) is 9.42. The summed E-state index contributed by atoms with van der Waals surface area (Å²) in [5.74, 6) is 0.274. The number of benzene rings is 1. The van der Waals surface area contributed by atoms with Gasteiger partial charge < -0.3 is 4.74 Å². The van der Waals surface area contributed by atoms with Crippen molar-refractivity contribution >= 4 is 21.8 Å². The van der Waals surface area contributed by atoms with Gasteiger partial charge >= 0.3 is 5.97 Å². The van der Waals surface area contributed by atoms with E-state index in [1.165, 1.54) is 12.1 Å². The average molecular weight is 446 g/mol. The molecule has 10 heteroatoms. The van der Waals surface area contributed by atoms with Crippen LogP contribution in [0.5, 0.6) is 0 Å². The number of rotatable bonds is 9. The quantitative estimate of drug-likeness (QED) is 0.397. The fourth-order valence-corrected chi connectivity index (χ4v) is 4.45. The van der Waals surface area contributed by atoms with Gasteiger partial charge in [-0.25, -0.2) is 17.9 Å². The highest BCUT2D eigenvalue weighted by molar-refractivity contribution is 7.89. The summed E-state index contributed by atoms with van der Waals surface area (Å²) < 4.78 is 34.6. The molecule has 0 aliphatic carbocycles. The van der Waals surface area contributed by atoms with Gasteiger partial charge in [-0.05, 0) is 44.4 Å². The van der Waals surface area contributed by atoms with Crippen molar-refractivity contribution in [1.82, 2.24) is 24.3 Å². The third kappa shape index (κ3) is 5.65. The lowest BCUT2D eigenvalue weighted by molar-refractivity contribution is -0.146. The maximum absolute atomic E-state index is 12.6. The smallest absolute Gasteiger partial charge is 0.324 e. The van der Waals surface area contributed by atoms with E-state index in [1.807, 2.05) is 19.9 Å². The van der Waals surface area contributed by atoms with Gasteiger partial charge in [-0.1, -0.05) is 32.0 Å². The van der Waals surface area contributed by atoms with Crippen LogP contribution in [-0.2, 0) is 26.0 Å². The number of aryl methyl sites for hydroxylation is 3. The van der Waals surface area contributed by atoms with E-state index in [0.29, 0.717) is 24.4 Å². The Labute approximate surface area is 181 Å². The van der Waals surface area contributed by atoms with E-state index in [0.717, 1.165) is 11.4 Å². The Morgan fingerprint density at radius 2 is 1.87 bits per heavy atom. The molecule has 31 heavy (non-hydrogen) atoms. The van der Waals surface area contributed by atoms with Crippen LogP contribution in [0.25, 0.3) is 5.78 Å². The number of nitrogens with one attached hydrogen (secondary N) is 1. The number of carbonyl (C=O) groups is 1. The largest absolute Gasteiger partial charge is 0.464 e. The van der Waals surface area contributed by atoms with E-state index >= 15 is 0 Å². The Hall–Kier alpha value is -2.85. The first kappa shape index (κ1) is 22.8. The van der Waals surface area contributed by atoms with Crippen molar-refractivity contribution < 1.29 is 17.9 Å². The molecule has 3 aromatic rings. The molecular formula is C21H27N5O4S. The van der Waals surface area contributed by atoms with Crippen molar-refractivity contribution in [2.45, 2.75) is 51.5 Å². The molecule has 0 unspecified atom stereocenters. The fourth-order valence-electron chi connectivity index (χ4n) is 3.10. The molecular weight excluding hydrogens is 418 g/mol. The van der Waals surface area contributed by atoms with Gasteiger partial charge in [0.15, 0.2) is 5.82 Å². The summed E-state index contributed by atoms with van der Waals surface area (Å²) in [7, 11) is -3.83. The molecule has 1 atom stereocenters. The molecule has 0 aliphatic heterocycles. The van der Waals surface area contributed by atoms with Gasteiger partial charge in [0.2, 0.25) is 10.0 Å². The van der Waals surface area contributed by atoms with Gasteiger partial charge in [0.25, 0.3) is 5.78 Å². The predicted octanol–water partition coefficient (Wildman–Crippen LogP) is 2.22. The Kier molecular flexibility index (Phi) is 7.01. The lowest BCUT2D eigenvalue weighted by Crippen LogP contribution is -2.45. The number of aromatic nitrogens is 4. The Morgan fingerprint density at radius 3 is 2.55 bits per heavy atom. The Morgan fingerprint density at radius 1 is 1.16 bits per heavy atom. The van der Waals surface area contributed by atoms with E-state index in [1.54, 1.807) is 36.6 Å². The highest BCUT2D eigenvalue weighted by Gasteiger charge is 2.29. The Balaban J connectivity index is 1.56. The number of hydrogen-bond donors (Lipinski definition) is 1. The molecule has 2 aromatic heterocycles. The normalized spacial score (nSPS) is 12.9. The molecule has 0 amide bonds. The van der Waals surface area contributed by atoms with Gasteiger partial charge in [0, 0.05) is 17.8 Å². The van der Waals surface area contributed by atoms with Crippen LogP contribution in [0.15, 0.2) is 41.3 Å². The van der Waals surface area contributed by atoms with Crippen LogP contribution in [0, 0.1) is 19.8 Å². The van der Waals surface area contributed by atoms with E-state index in [4.69, 9.17) is 4.74 Å². The summed E-state index contributed by atoms with van der Waals surface area (Å²) in [6.07, 6.45) is 1.02. The number of carbonyl (C=O) groups excluding carboxylic acids is 1. The number of esters is 1. The van der Waals surface area contributed by atoms with Gasteiger partial charge in [0.1, 0.15) is 6.04 Å². The fraction of sp³-hybridized carbons (Fsp3) is 0.429. The van der Waals surface area contributed by atoms with Crippen molar-refractivity contribution in [3.05, 3.63) is 53.6 Å². The molecule has 1 aromatic carbocycles. The molecule has 0 saturated heterocycles. The van der Waals surface area contributed by atoms with Gasteiger partial charge in [0.05, 0.1) is 11.5 Å². The number of fused-ring (bicyclic) bond motifs is 1. The monoisotopic (exact) mass is 445 g/mol. The minimum absolute atomic E-state index is 0.102. The molecule has 0 radical (unpaired) electrons. The SMILES string of the molecule is Cc1cc(C)n2nc(CCCOC(=O)[C@H](NS(=O)(=O)c3ccccc3)C(C)C)nc2n1. The molecule has 0 fully saturated rings. The number of nitrogens with zero attached hydrogens (tertiary/aromatic N) is 4. The summed E-state index contributed by atoms with van der Waals surface area (Å²) >= 11 is 0. The first-order valence-corrected chi connectivity index (χ1v) is 11.6. The summed E-state index contributed by atoms with van der Waals surface area (Å²) in [5.41, 5.74) is 1.81. The standard InChI is InChI=1S/C21H27N5O4S/c1-14(2)19(25-31(28,29)17-9-6-5-7-10-17)20(27)30-12-8-11-18-23-21-22-15(3)13-16(4)26(21)24-18/h5-7,9-10,13-14,19,25H,8,11-12H2,1-4H3/t19-/m1/s1. The molecule has 9 nitrogen and oxygen atoms in total. The van der Waals surface area contributed by atoms with Gasteiger partial charge in [-0.2, -0.15) is 9.71 Å². The van der Waals surface area contributed by atoms with Crippen LogP contribution >= 0.6 is 0 Å². The van der Waals surface area contributed by atoms with E-state index in [-0.39, 0.29) is 17.4 Å². The maximum atomic E-state index is 12.6. The van der Waals surface area contributed by atoms with Crippen LogP contribution in [0.4, 0.5) is 0 Å². The molecule has 0 saturated carbocycles. The topological polar surface area (TPSA) is 116 Å². The summed E-state index contributed by atoms with van der Waals surface area (Å²) in [6.45, 7) is 7.49. The highest BCUT2D eigenvalue weighted by Crippen LogP contribution is 2.13. The highest BCUT2D eigenvalue weighted by atomic mass is 32.2. The minimum Gasteiger partial charge on any atom is -0.464 e. The molecule has 2 heterocycles. The lowest BCUT2D eigenvalue weighted by Gasteiger charge is -2.20. The number of sulfonamides is 1. The third-order valence-electron chi connectivity index (χ3n) is 4.71. The van der Waals surface area contributed by atoms with Gasteiger partial charge in [-0.15, -0.1) is 5.10 Å². The first-order valence-electron chi connectivity index (χ1n) is 10.1. The molecule has 0 bridgehead atoms. The van der Waals surface area contributed by atoms with Crippen molar-refractivity contribution in [3.8, 4) is 0 Å². The second kappa shape index (κ2) is 9.52. The average Bonchev–Trinajstić information content (AvgIpc) is 3.13. The summed E-state index contributed by atoms with van der Waals surface area (Å²) in [4.78, 5) is 21.4. The van der Waals surface area contributed by atoms with Crippen LogP contribution in [0.3, 0.4) is 0 Å². The molecule has 3 rings (SSSR count). The van der Waals surface area contributed by atoms with Crippen LogP contribution in [0.2, 0.25) is 0 Å². The maximum Gasteiger partial charge on any atom is 0.324 e. The zero-order chi connectivity index (χ0) is 22.6. The molecule has 1 N–H and O–H groups in total. The summed E-state index contributed by atoms with van der Waals surface area (Å²) in [5, 5.41) is 4.43. The zero-order valence-corrected chi connectivity index (χ0v) is 18.9. The predicted molar refractivity (Wildman–Crippen MR) is 115 cm³/mol. The van der Waals surface area contributed by atoms with Crippen molar-refractivity contribution in [2.24, 2.45) is 5.92 Å². The minimum atomic E-state index is -3.83. The van der Waals surface area contributed by atoms with Crippen LogP contribution in [-0.4, -0.2) is 46.6 Å². The van der Waals surface area contributed by atoms with Gasteiger partial charge in [-0.3, -0.25) is 4.79 Å². The van der Waals surface area contributed by atoms with E-state index in [2.05, 4.69) is 19.8 Å². The molecule has 0 spiro atoms. The lowest BCUT2D eigenvalue weighted by atomic mass is 10.1. The van der Waals surface area contributed by atoms with Crippen molar-refractivity contribution in [3.63, 3.8) is 0 Å². The number of ether oxygens (including phenoxy) is 1. The van der Waals surface area contributed by atoms with Crippen molar-refractivity contribution in [2.75, 3.05) is 6.61 Å². The molecule has 0 aliphatic rings.